The molecule has 2 aromatic carbocycles. The van der Waals surface area contributed by atoms with Crippen molar-refractivity contribution in [3.8, 4) is 0 Å². The average molecular weight is 420 g/mol. The minimum atomic E-state index is -0.143. The number of hydrazone groups is 1. The second kappa shape index (κ2) is 7.92. The highest BCUT2D eigenvalue weighted by Crippen LogP contribution is 2.28. The molecule has 122 valence electrons. The summed E-state index contributed by atoms with van der Waals surface area (Å²) < 4.78 is 3.03. The number of para-hydroxylation sites is 1. The number of nitrogens with zero attached hydrogens (tertiary/aromatic N) is 2. The van der Waals surface area contributed by atoms with Crippen molar-refractivity contribution in [2.75, 3.05) is 5.75 Å². The summed E-state index contributed by atoms with van der Waals surface area (Å²) in [5, 5.41) is 4.15. The summed E-state index contributed by atoms with van der Waals surface area (Å²) in [6.45, 7) is 1.87. The standard InChI is InChI=1S/C17H14BrN3OS2/c1-11(12-6-8-13(18)9-7-12)20-21-16(22)10-23-17-19-14-4-2-3-5-15(14)24-17/h2-9H,10H2,1H3,(H,21,22)/b20-11-. The Kier molecular flexibility index (Phi) is 5.65. The van der Waals surface area contributed by atoms with Crippen molar-refractivity contribution in [1.29, 1.82) is 0 Å². The van der Waals surface area contributed by atoms with Crippen LogP contribution >= 0.6 is 39.0 Å². The normalized spacial score (nSPS) is 11.7. The van der Waals surface area contributed by atoms with Crippen molar-refractivity contribution < 1.29 is 4.79 Å². The number of hydrogen-bond donors (Lipinski definition) is 1. The van der Waals surface area contributed by atoms with Crippen LogP contribution in [0.5, 0.6) is 0 Å². The van der Waals surface area contributed by atoms with E-state index >= 15 is 0 Å². The van der Waals surface area contributed by atoms with Crippen LogP contribution in [0.15, 0.2) is 62.4 Å². The van der Waals surface area contributed by atoms with E-state index in [-0.39, 0.29) is 11.7 Å². The summed E-state index contributed by atoms with van der Waals surface area (Å²) in [5.74, 6) is 0.146. The van der Waals surface area contributed by atoms with Crippen molar-refractivity contribution in [2.24, 2.45) is 5.10 Å². The first kappa shape index (κ1) is 17.1. The minimum absolute atomic E-state index is 0.143. The molecule has 4 nitrogen and oxygen atoms in total. The molecule has 0 spiro atoms. The van der Waals surface area contributed by atoms with E-state index in [1.807, 2.05) is 55.5 Å². The van der Waals surface area contributed by atoms with Gasteiger partial charge >= 0.3 is 0 Å². The van der Waals surface area contributed by atoms with E-state index in [0.29, 0.717) is 0 Å². The molecule has 0 unspecified atom stereocenters. The van der Waals surface area contributed by atoms with Crippen molar-refractivity contribution in [1.82, 2.24) is 10.4 Å². The molecule has 0 saturated carbocycles. The number of thioether (sulfide) groups is 1. The van der Waals surface area contributed by atoms with E-state index in [2.05, 4.69) is 31.4 Å². The summed E-state index contributed by atoms with van der Waals surface area (Å²) in [6.07, 6.45) is 0. The second-order valence-corrected chi connectivity index (χ2v) is 8.14. The highest BCUT2D eigenvalue weighted by molar-refractivity contribution is 9.10. The first-order valence-corrected chi connectivity index (χ1v) is 9.79. The largest absolute Gasteiger partial charge is 0.272 e. The Bertz CT molecular complexity index is 857. The Hall–Kier alpha value is -1.70. The van der Waals surface area contributed by atoms with Crippen LogP contribution in [-0.2, 0) is 4.79 Å². The minimum Gasteiger partial charge on any atom is -0.272 e. The molecule has 1 heterocycles. The number of carbonyl (C=O) groups excluding carboxylic acids is 1. The van der Waals surface area contributed by atoms with Gasteiger partial charge in [-0.2, -0.15) is 5.10 Å². The molecular weight excluding hydrogens is 406 g/mol. The average Bonchev–Trinajstić information content (AvgIpc) is 3.01. The van der Waals surface area contributed by atoms with Crippen LogP contribution in [0, 0.1) is 0 Å². The maximum absolute atomic E-state index is 12.0. The van der Waals surface area contributed by atoms with Crippen LogP contribution in [-0.4, -0.2) is 22.4 Å². The van der Waals surface area contributed by atoms with Gasteiger partial charge in [0.1, 0.15) is 0 Å². The highest BCUT2D eigenvalue weighted by Gasteiger charge is 2.07. The Labute approximate surface area is 156 Å². The number of rotatable bonds is 5. The third-order valence-electron chi connectivity index (χ3n) is 3.21. The molecule has 0 fully saturated rings. The smallest absolute Gasteiger partial charge is 0.250 e. The van der Waals surface area contributed by atoms with Crippen LogP contribution in [0.3, 0.4) is 0 Å². The van der Waals surface area contributed by atoms with E-state index in [0.717, 1.165) is 30.3 Å². The second-order valence-electron chi connectivity index (χ2n) is 4.98. The fraction of sp³-hybridized carbons (Fsp3) is 0.118. The van der Waals surface area contributed by atoms with Crippen molar-refractivity contribution >= 4 is 60.9 Å². The molecule has 0 bridgehead atoms. The molecule has 1 amide bonds. The topological polar surface area (TPSA) is 54.4 Å². The van der Waals surface area contributed by atoms with Crippen LogP contribution < -0.4 is 5.43 Å². The third kappa shape index (κ3) is 4.43. The number of nitrogens with one attached hydrogen (secondary N) is 1. The number of halogens is 1. The van der Waals surface area contributed by atoms with Gasteiger partial charge < -0.3 is 0 Å². The lowest BCUT2D eigenvalue weighted by molar-refractivity contribution is -0.118. The summed E-state index contributed by atoms with van der Waals surface area (Å²) in [6, 6.07) is 15.7. The van der Waals surface area contributed by atoms with Gasteiger partial charge in [-0.05, 0) is 36.8 Å². The molecule has 0 radical (unpaired) electrons. The summed E-state index contributed by atoms with van der Waals surface area (Å²) in [5.41, 5.74) is 5.29. The van der Waals surface area contributed by atoms with Gasteiger partial charge in [0.2, 0.25) is 0 Å². The van der Waals surface area contributed by atoms with Gasteiger partial charge in [0.15, 0.2) is 4.34 Å². The fourth-order valence-corrected chi connectivity index (χ4v) is 4.10. The van der Waals surface area contributed by atoms with Gasteiger partial charge in [-0.3, -0.25) is 4.79 Å². The van der Waals surface area contributed by atoms with Gasteiger partial charge in [0.05, 0.1) is 21.7 Å². The van der Waals surface area contributed by atoms with Crippen LogP contribution in [0.4, 0.5) is 0 Å². The Morgan fingerprint density at radius 1 is 1.25 bits per heavy atom. The van der Waals surface area contributed by atoms with E-state index in [1.165, 1.54) is 11.8 Å². The lowest BCUT2D eigenvalue weighted by Crippen LogP contribution is -2.21. The van der Waals surface area contributed by atoms with E-state index in [1.54, 1.807) is 11.3 Å². The summed E-state index contributed by atoms with van der Waals surface area (Å²) >= 11 is 6.41. The van der Waals surface area contributed by atoms with E-state index < -0.39 is 0 Å². The van der Waals surface area contributed by atoms with Crippen molar-refractivity contribution in [3.05, 3.63) is 58.6 Å². The van der Waals surface area contributed by atoms with Crippen molar-refractivity contribution in [2.45, 2.75) is 11.3 Å². The maximum atomic E-state index is 12.0. The predicted octanol–water partition coefficient (Wildman–Crippen LogP) is 4.69. The Morgan fingerprint density at radius 3 is 2.75 bits per heavy atom. The summed E-state index contributed by atoms with van der Waals surface area (Å²) in [7, 11) is 0. The number of amides is 1. The maximum Gasteiger partial charge on any atom is 0.250 e. The number of carbonyl (C=O) groups is 1. The van der Waals surface area contributed by atoms with Gasteiger partial charge in [-0.25, -0.2) is 10.4 Å². The molecular formula is C17H14BrN3OS2. The van der Waals surface area contributed by atoms with Gasteiger partial charge in [0.25, 0.3) is 5.91 Å². The van der Waals surface area contributed by atoms with Crippen LogP contribution in [0.1, 0.15) is 12.5 Å². The number of thiazole rings is 1. The molecule has 0 aliphatic carbocycles. The highest BCUT2D eigenvalue weighted by atomic mass is 79.9. The zero-order valence-electron chi connectivity index (χ0n) is 12.8. The first-order chi connectivity index (χ1) is 11.6. The van der Waals surface area contributed by atoms with Crippen LogP contribution in [0.2, 0.25) is 0 Å². The molecule has 3 rings (SSSR count). The van der Waals surface area contributed by atoms with Gasteiger partial charge in [-0.1, -0.05) is 52.0 Å². The third-order valence-corrected chi connectivity index (χ3v) is 5.92. The molecule has 24 heavy (non-hydrogen) atoms. The molecule has 0 saturated heterocycles. The quantitative estimate of drug-likeness (QED) is 0.370. The van der Waals surface area contributed by atoms with Crippen molar-refractivity contribution in [3.63, 3.8) is 0 Å². The Balaban J connectivity index is 1.55. The zero-order valence-corrected chi connectivity index (χ0v) is 16.0. The molecule has 3 aromatic rings. The van der Waals surface area contributed by atoms with Gasteiger partial charge in [-0.15, -0.1) is 11.3 Å². The monoisotopic (exact) mass is 419 g/mol. The van der Waals surface area contributed by atoms with Gasteiger partial charge in [0, 0.05) is 4.47 Å². The fourth-order valence-electron chi connectivity index (χ4n) is 1.97. The molecule has 0 atom stereocenters. The molecule has 7 heteroatoms. The Morgan fingerprint density at radius 2 is 2.00 bits per heavy atom. The number of fused-ring (bicyclic) bond motifs is 1. The number of hydrogen-bond acceptors (Lipinski definition) is 5. The van der Waals surface area contributed by atoms with E-state index in [9.17, 15) is 4.79 Å². The lowest BCUT2D eigenvalue weighted by Gasteiger charge is -2.02. The molecule has 1 N–H and O–H groups in total. The zero-order chi connectivity index (χ0) is 16.9. The molecule has 0 aliphatic rings. The molecule has 1 aromatic heterocycles. The number of aromatic nitrogens is 1. The first-order valence-electron chi connectivity index (χ1n) is 7.19. The summed E-state index contributed by atoms with van der Waals surface area (Å²) in [4.78, 5) is 16.4. The SMILES string of the molecule is C/C(=N/NC(=O)CSc1nc2ccccc2s1)c1ccc(Br)cc1. The predicted molar refractivity (Wildman–Crippen MR) is 105 cm³/mol. The number of benzene rings is 2. The van der Waals surface area contributed by atoms with E-state index in [4.69, 9.17) is 0 Å². The molecule has 0 aliphatic heterocycles. The lowest BCUT2D eigenvalue weighted by atomic mass is 10.1. The van der Waals surface area contributed by atoms with Crippen LogP contribution in [0.25, 0.3) is 10.2 Å².